The van der Waals surface area contributed by atoms with Crippen molar-refractivity contribution in [1.82, 2.24) is 13.7 Å². The molecule has 0 bridgehead atoms. The molecule has 44 heavy (non-hydrogen) atoms. The van der Waals surface area contributed by atoms with Crippen LogP contribution in [0.25, 0.3) is 66.2 Å². The molecule has 0 saturated heterocycles. The molecule has 0 aliphatic rings. The van der Waals surface area contributed by atoms with Crippen molar-refractivity contribution in [1.29, 1.82) is 15.8 Å². The number of hydrogen-bond donors (Lipinski definition) is 0. The molecule has 0 atom stereocenters. The lowest BCUT2D eigenvalue weighted by atomic mass is 9.92. The average Bonchev–Trinajstić information content (AvgIpc) is 3.55. The highest BCUT2D eigenvalue weighted by Gasteiger charge is 2.26. The average molecular weight is 595 g/mol. The Balaban J connectivity index is 1.50. The van der Waals surface area contributed by atoms with Crippen LogP contribution in [0.5, 0.6) is 0 Å². The predicted molar refractivity (Wildman–Crippen MR) is 161 cm³/mol. The number of benzene rings is 5. The van der Waals surface area contributed by atoms with E-state index in [9.17, 15) is 20.2 Å². The quantitative estimate of drug-likeness (QED) is 0.190. The van der Waals surface area contributed by atoms with Gasteiger partial charge in [-0.1, -0.05) is 60.7 Å². The van der Waals surface area contributed by atoms with Crippen LogP contribution in [-0.2, 0) is 0 Å². The minimum absolute atomic E-state index is 0.0153. The van der Waals surface area contributed by atoms with Crippen molar-refractivity contribution in [3.05, 3.63) is 113 Å². The second-order valence-corrected chi connectivity index (χ2v) is 10.3. The minimum Gasteiger partial charge on any atom is -0.247 e. The van der Waals surface area contributed by atoms with Crippen LogP contribution in [-0.4, -0.2) is 13.7 Å². The number of rotatable bonds is 3. The van der Waals surface area contributed by atoms with Crippen LogP contribution >= 0.6 is 11.7 Å². The molecule has 0 amide bonds. The summed E-state index contributed by atoms with van der Waals surface area (Å²) in [5.74, 6) is -4.30. The minimum atomic E-state index is -1.53. The topological polar surface area (TPSA) is 110 Å². The van der Waals surface area contributed by atoms with Crippen LogP contribution in [0.15, 0.2) is 78.9 Å². The van der Waals surface area contributed by atoms with Gasteiger partial charge in [-0.15, -0.1) is 0 Å². The van der Waals surface area contributed by atoms with E-state index in [0.29, 0.717) is 39.0 Å². The van der Waals surface area contributed by atoms with Crippen molar-refractivity contribution in [2.24, 2.45) is 0 Å². The Labute approximate surface area is 251 Å². The van der Waals surface area contributed by atoms with Crippen molar-refractivity contribution < 1.29 is 13.2 Å². The summed E-state index contributed by atoms with van der Waals surface area (Å²) >= 11 is 1.04. The second kappa shape index (κ2) is 10.3. The highest BCUT2D eigenvalue weighted by molar-refractivity contribution is 7.00. The maximum absolute atomic E-state index is 15.1. The molecule has 0 radical (unpaired) electrons. The molecule has 0 N–H and O–H groups in total. The van der Waals surface area contributed by atoms with Crippen LogP contribution in [0.2, 0.25) is 0 Å². The number of aromatic nitrogens is 3. The molecular weight excluding hydrogens is 581 g/mol. The van der Waals surface area contributed by atoms with Gasteiger partial charge in [-0.2, -0.15) is 24.5 Å². The summed E-state index contributed by atoms with van der Waals surface area (Å²) in [7, 11) is 0. The molecule has 0 fully saturated rings. The molecule has 0 aliphatic heterocycles. The van der Waals surface area contributed by atoms with E-state index >= 15 is 8.78 Å². The van der Waals surface area contributed by atoms with Crippen LogP contribution in [0, 0.1) is 51.4 Å². The standard InChI is InChI=1S/C34H13F3N6S/c35-29-24(15-39)30(36)27(31(37)25(29)16-40)18-11-9-17(10-12-18)22-13-23-28(34-33(22)42-44-43-34)21-7-3-4-8-26(21)41-32(23)20-6-2-1-5-19(20)14-38/h1-13H. The predicted octanol–water partition coefficient (Wildman–Crippen LogP) is 8.43. The Morgan fingerprint density at radius 3 is 1.95 bits per heavy atom. The van der Waals surface area contributed by atoms with E-state index in [-0.39, 0.29) is 5.56 Å². The van der Waals surface area contributed by atoms with Crippen LogP contribution in [0.4, 0.5) is 13.2 Å². The molecule has 0 spiro atoms. The molecule has 10 heteroatoms. The highest BCUT2D eigenvalue weighted by Crippen LogP contribution is 2.42. The van der Waals surface area contributed by atoms with Crippen molar-refractivity contribution in [3.63, 3.8) is 0 Å². The van der Waals surface area contributed by atoms with E-state index in [1.807, 2.05) is 42.5 Å². The summed E-state index contributed by atoms with van der Waals surface area (Å²) in [6.45, 7) is 0. The summed E-state index contributed by atoms with van der Waals surface area (Å²) in [6.07, 6.45) is 0. The monoisotopic (exact) mass is 594 g/mol. The van der Waals surface area contributed by atoms with Crippen LogP contribution in [0.1, 0.15) is 16.7 Å². The Morgan fingerprint density at radius 2 is 1.25 bits per heavy atom. The zero-order valence-electron chi connectivity index (χ0n) is 22.2. The molecule has 2 heterocycles. The first kappa shape index (κ1) is 26.7. The number of para-hydroxylation sites is 1. The number of nitrogens with zero attached hydrogens (tertiary/aromatic N) is 6. The molecule has 0 saturated carbocycles. The molecule has 0 aliphatic carbocycles. The number of halogens is 3. The number of hydrogen-bond acceptors (Lipinski definition) is 7. The van der Waals surface area contributed by atoms with Gasteiger partial charge in [0.25, 0.3) is 0 Å². The van der Waals surface area contributed by atoms with Crippen LogP contribution in [0.3, 0.4) is 0 Å². The van der Waals surface area contributed by atoms with Crippen molar-refractivity contribution in [2.75, 3.05) is 0 Å². The van der Waals surface area contributed by atoms with Gasteiger partial charge >= 0.3 is 0 Å². The first-order valence-electron chi connectivity index (χ1n) is 13.1. The van der Waals surface area contributed by atoms with Gasteiger partial charge in [-0.05, 0) is 29.3 Å². The Hall–Kier alpha value is -6.15. The second-order valence-electron chi connectivity index (χ2n) is 9.81. The van der Waals surface area contributed by atoms with Gasteiger partial charge in [0.1, 0.15) is 34.3 Å². The lowest BCUT2D eigenvalue weighted by Crippen LogP contribution is -2.03. The molecule has 5 aromatic carbocycles. The van der Waals surface area contributed by atoms with Crippen molar-refractivity contribution >= 4 is 44.4 Å². The van der Waals surface area contributed by atoms with Gasteiger partial charge in [0.15, 0.2) is 17.5 Å². The normalized spacial score (nSPS) is 11.0. The van der Waals surface area contributed by atoms with Gasteiger partial charge < -0.3 is 0 Å². The van der Waals surface area contributed by atoms with Crippen LogP contribution < -0.4 is 0 Å². The fourth-order valence-corrected chi connectivity index (χ4v) is 6.07. The largest absolute Gasteiger partial charge is 0.247 e. The Bertz CT molecular complexity index is 2430. The van der Waals surface area contributed by atoms with Gasteiger partial charge in [-0.3, -0.25) is 0 Å². The summed E-state index contributed by atoms with van der Waals surface area (Å²) in [6, 6.07) is 27.8. The number of nitriles is 3. The number of fused-ring (bicyclic) bond motifs is 5. The molecule has 0 unspecified atom stereocenters. The third-order valence-corrected chi connectivity index (χ3v) is 8.06. The lowest BCUT2D eigenvalue weighted by Gasteiger charge is -2.14. The molecule has 7 rings (SSSR count). The van der Waals surface area contributed by atoms with Gasteiger partial charge in [0.05, 0.1) is 40.1 Å². The molecule has 2 aromatic heterocycles. The Kier molecular flexibility index (Phi) is 6.25. The van der Waals surface area contributed by atoms with E-state index in [1.165, 1.54) is 24.3 Å². The van der Waals surface area contributed by atoms with Crippen molar-refractivity contribution in [2.45, 2.75) is 0 Å². The van der Waals surface area contributed by atoms with E-state index in [1.54, 1.807) is 24.3 Å². The highest BCUT2D eigenvalue weighted by atomic mass is 32.1. The smallest absolute Gasteiger partial charge is 0.164 e. The maximum Gasteiger partial charge on any atom is 0.164 e. The van der Waals surface area contributed by atoms with Crippen molar-refractivity contribution in [3.8, 4) is 51.7 Å². The summed E-state index contributed by atoms with van der Waals surface area (Å²) in [5.41, 5.74) is 2.23. The zero-order chi connectivity index (χ0) is 30.5. The van der Waals surface area contributed by atoms with Gasteiger partial charge in [0, 0.05) is 27.3 Å². The van der Waals surface area contributed by atoms with E-state index in [0.717, 1.165) is 33.4 Å². The first-order valence-corrected chi connectivity index (χ1v) is 13.8. The number of pyridine rings is 1. The fourth-order valence-electron chi connectivity index (χ4n) is 5.51. The van der Waals surface area contributed by atoms with Gasteiger partial charge in [0.2, 0.25) is 0 Å². The van der Waals surface area contributed by atoms with E-state index in [4.69, 9.17) is 4.98 Å². The Morgan fingerprint density at radius 1 is 0.614 bits per heavy atom. The summed E-state index contributed by atoms with van der Waals surface area (Å²) in [5, 5.41) is 30.8. The molecular formula is C34H13F3N6S. The lowest BCUT2D eigenvalue weighted by molar-refractivity contribution is 0.539. The zero-order valence-corrected chi connectivity index (χ0v) is 23.0. The summed E-state index contributed by atoms with van der Waals surface area (Å²) in [4.78, 5) is 4.96. The summed E-state index contributed by atoms with van der Waals surface area (Å²) < 4.78 is 53.8. The first-order chi connectivity index (χ1) is 21.5. The third kappa shape index (κ3) is 3.89. The molecule has 7 aromatic rings. The maximum atomic E-state index is 15.1. The SMILES string of the molecule is N#Cc1ccccc1-c1nc2ccccc2c2c1cc(-c1ccc(-c3c(F)c(C#N)c(F)c(C#N)c3F)cc1)c1nsnc12. The van der Waals surface area contributed by atoms with E-state index < -0.39 is 34.1 Å². The molecule has 6 nitrogen and oxygen atoms in total. The van der Waals surface area contributed by atoms with E-state index in [2.05, 4.69) is 14.8 Å². The fraction of sp³-hybridized carbons (Fsp3) is 0. The third-order valence-electron chi connectivity index (χ3n) is 7.53. The van der Waals surface area contributed by atoms with Gasteiger partial charge in [-0.25, -0.2) is 18.2 Å². The molecule has 206 valence electrons.